The fourth-order valence-corrected chi connectivity index (χ4v) is 12.6. The number of carbonyl (C=O) groups is 3. The molecule has 364 valence electrons. The molecule has 3 aliphatic carbocycles. The molecule has 10 atom stereocenters. The highest BCUT2D eigenvalue weighted by molar-refractivity contribution is 6.33. The molecule has 13 nitrogen and oxygen atoms in total. The number of epoxide rings is 1. The van der Waals surface area contributed by atoms with E-state index >= 15 is 14.4 Å². The molecule has 0 aromatic heterocycles. The van der Waals surface area contributed by atoms with Crippen LogP contribution in [0.1, 0.15) is 131 Å². The third-order valence-corrected chi connectivity index (χ3v) is 16.2. The van der Waals surface area contributed by atoms with Crippen LogP contribution < -0.4 is 32.3 Å². The smallest absolute Gasteiger partial charge is 0.350 e. The van der Waals surface area contributed by atoms with Gasteiger partial charge in [-0.25, -0.2) is 4.79 Å². The third kappa shape index (κ3) is 10.1. The van der Waals surface area contributed by atoms with E-state index in [2.05, 4.69) is 70.8 Å². The first kappa shape index (κ1) is 49.1. The number of dihydropyridines is 2. The van der Waals surface area contributed by atoms with Crippen LogP contribution in [0.5, 0.6) is 0 Å². The zero-order valence-corrected chi connectivity index (χ0v) is 40.3. The van der Waals surface area contributed by atoms with Gasteiger partial charge < -0.3 is 52.0 Å². The van der Waals surface area contributed by atoms with E-state index in [1.807, 2.05) is 38.4 Å². The number of aliphatic hydroxyl groups excluding tert-OH is 2. The minimum atomic E-state index is -2.24. The Balaban J connectivity index is 1.20. The van der Waals surface area contributed by atoms with E-state index in [0.717, 1.165) is 80.5 Å². The van der Waals surface area contributed by atoms with Gasteiger partial charge in [-0.1, -0.05) is 74.8 Å². The molecule has 13 heteroatoms. The van der Waals surface area contributed by atoms with Crippen LogP contribution in [0.4, 0.5) is 0 Å². The van der Waals surface area contributed by atoms with Crippen molar-refractivity contribution in [3.05, 3.63) is 106 Å². The molecule has 0 radical (unpaired) electrons. The first-order valence-electron chi connectivity index (χ1n) is 25.2. The Kier molecular flexibility index (Phi) is 15.4. The molecule has 7 aliphatic rings. The van der Waals surface area contributed by atoms with Crippen LogP contribution in [0, 0.1) is 29.1 Å². The van der Waals surface area contributed by atoms with Crippen LogP contribution in [-0.2, 0) is 20.7 Å². The molecule has 2 fully saturated rings. The van der Waals surface area contributed by atoms with Crippen molar-refractivity contribution in [1.29, 1.82) is 0 Å². The van der Waals surface area contributed by atoms with E-state index in [1.165, 1.54) is 0 Å². The Morgan fingerprint density at radius 2 is 1.91 bits per heavy atom. The third-order valence-electron chi connectivity index (χ3n) is 16.2. The van der Waals surface area contributed by atoms with Crippen molar-refractivity contribution in [2.24, 2.45) is 34.8 Å². The van der Waals surface area contributed by atoms with Crippen LogP contribution in [0.3, 0.4) is 0 Å². The van der Waals surface area contributed by atoms with Crippen LogP contribution in [0.25, 0.3) is 0 Å². The number of hydrogen-bond acceptors (Lipinski definition) is 13. The van der Waals surface area contributed by atoms with Gasteiger partial charge in [0, 0.05) is 48.9 Å². The highest BCUT2D eigenvalue weighted by Gasteiger charge is 2.86. The summed E-state index contributed by atoms with van der Waals surface area (Å²) < 4.78 is 13.4. The number of rotatable bonds is 16. The Hall–Kier alpha value is -4.37. The molecule has 67 heavy (non-hydrogen) atoms. The number of ether oxygens (including phenoxy) is 2. The summed E-state index contributed by atoms with van der Waals surface area (Å²) >= 11 is 0. The number of carbonyl (C=O) groups excluding carboxylic acids is 3. The second-order valence-corrected chi connectivity index (χ2v) is 20.8. The van der Waals surface area contributed by atoms with Crippen LogP contribution in [-0.4, -0.2) is 97.3 Å². The van der Waals surface area contributed by atoms with Crippen LogP contribution in [0.2, 0.25) is 0 Å². The molecule has 4 bridgehead atoms. The van der Waals surface area contributed by atoms with E-state index in [0.29, 0.717) is 74.2 Å². The summed E-state index contributed by atoms with van der Waals surface area (Å²) in [5, 5.41) is 38.0. The summed E-state index contributed by atoms with van der Waals surface area (Å²) in [4.78, 5) is 46.6. The number of aliphatic hydroxyl groups is 2. The summed E-state index contributed by atoms with van der Waals surface area (Å²) in [6, 6.07) is 5.52. The number of cyclic esters (lactones) is 1. The number of hydrogen-bond donors (Lipinski definition) is 8. The molecule has 4 aliphatic heterocycles. The predicted molar refractivity (Wildman–Crippen MR) is 260 cm³/mol. The lowest BCUT2D eigenvalue weighted by Gasteiger charge is -2.48. The van der Waals surface area contributed by atoms with Crippen LogP contribution in [0.15, 0.2) is 89.0 Å². The second-order valence-electron chi connectivity index (χ2n) is 20.8. The lowest BCUT2D eigenvalue weighted by molar-refractivity contribution is -0.159. The van der Waals surface area contributed by atoms with E-state index in [-0.39, 0.29) is 54.3 Å². The number of fused-ring (bicyclic) bond motifs is 1. The van der Waals surface area contributed by atoms with Gasteiger partial charge in [0.15, 0.2) is 11.4 Å². The quantitative estimate of drug-likeness (QED) is 0.0321. The van der Waals surface area contributed by atoms with E-state index in [9.17, 15) is 10.2 Å². The van der Waals surface area contributed by atoms with Gasteiger partial charge in [-0.2, -0.15) is 0 Å². The molecule has 1 saturated carbocycles. The maximum absolute atomic E-state index is 15.7. The molecule has 0 amide bonds. The molecular formula is C54H76N6O7. The van der Waals surface area contributed by atoms with Gasteiger partial charge in [0.2, 0.25) is 5.78 Å². The van der Waals surface area contributed by atoms with Gasteiger partial charge in [0.25, 0.3) is 5.60 Å². The fraction of sp³-hybridized carbons (Fsp3) is 0.611. The van der Waals surface area contributed by atoms with E-state index in [1.54, 1.807) is 6.07 Å². The van der Waals surface area contributed by atoms with Gasteiger partial charge in [0.1, 0.15) is 11.9 Å². The Bertz CT molecular complexity index is 2210. The molecule has 1 aromatic carbocycles. The molecule has 9 N–H and O–H groups in total. The SMILES string of the molecule is CCN[C@H]1C[C@H]2C=CC[C@@H]3CCCC[C@](C)(CC4=CNC(N)C=C4)Cc4cccc5c4C(=O)[C@]4(O[C@@]4(C/C(CO)=C(\C)CCC4=CCNC(NCNC)=C4)C5=O)C(=O)O[C@@H](CCCO)[C@H]1C[C@H]32. The van der Waals surface area contributed by atoms with E-state index < -0.39 is 34.8 Å². The van der Waals surface area contributed by atoms with Gasteiger partial charge in [0.05, 0.1) is 19.4 Å². The van der Waals surface area contributed by atoms with Crippen LogP contribution >= 0.6 is 0 Å². The largest absolute Gasteiger partial charge is 0.459 e. The molecule has 1 spiro atoms. The molecular weight excluding hydrogens is 845 g/mol. The van der Waals surface area contributed by atoms with Gasteiger partial charge in [-0.15, -0.1) is 0 Å². The average molecular weight is 921 g/mol. The summed E-state index contributed by atoms with van der Waals surface area (Å²) in [5.41, 5.74) is 6.58. The first-order valence-corrected chi connectivity index (χ1v) is 25.2. The highest BCUT2D eigenvalue weighted by Crippen LogP contribution is 2.61. The molecule has 8 rings (SSSR count). The number of nitrogens with one attached hydrogen (secondary N) is 5. The molecule has 1 saturated heterocycles. The number of benzene rings is 1. The number of nitrogens with two attached hydrogens (primary N) is 1. The predicted octanol–water partition coefficient (Wildman–Crippen LogP) is 5.91. The normalized spacial score (nSPS) is 34.0. The fourth-order valence-electron chi connectivity index (χ4n) is 12.6. The van der Waals surface area contributed by atoms with Crippen molar-refractivity contribution >= 4 is 17.5 Å². The van der Waals surface area contributed by atoms with Gasteiger partial charge in [-0.3, -0.25) is 9.59 Å². The van der Waals surface area contributed by atoms with Crippen molar-refractivity contribution < 1.29 is 34.1 Å². The van der Waals surface area contributed by atoms with Gasteiger partial charge in [-0.05, 0) is 149 Å². The number of allylic oxidation sites excluding steroid dienone is 7. The molecule has 1 aromatic rings. The second kappa shape index (κ2) is 21.1. The van der Waals surface area contributed by atoms with Crippen molar-refractivity contribution in [2.75, 3.05) is 40.0 Å². The Labute approximate surface area is 397 Å². The lowest BCUT2D eigenvalue weighted by Crippen LogP contribution is -2.54. The minimum Gasteiger partial charge on any atom is -0.459 e. The van der Waals surface area contributed by atoms with Crippen molar-refractivity contribution in [2.45, 2.75) is 140 Å². The Morgan fingerprint density at radius 1 is 1.06 bits per heavy atom. The average Bonchev–Trinajstić information content (AvgIpc) is 4.03. The molecule has 1 unspecified atom stereocenters. The number of ketones is 2. The summed E-state index contributed by atoms with van der Waals surface area (Å²) in [6.07, 6.45) is 24.2. The first-order chi connectivity index (χ1) is 32.4. The summed E-state index contributed by atoms with van der Waals surface area (Å²) in [5.74, 6) is 0.310. The summed E-state index contributed by atoms with van der Waals surface area (Å²) in [6.45, 7) is 7.92. The van der Waals surface area contributed by atoms with E-state index in [4.69, 9.17) is 15.2 Å². The highest BCUT2D eigenvalue weighted by atomic mass is 16.7. The standard InChI is InChI=1S/C54H76N6O7/c1-5-57-44-26-38-13-8-12-37-11-6-7-22-52(3,28-36-19-20-46(55)59-31-36)29-39-14-9-15-41-48(39)50(64)54(51(65)66-45(16-10-24-61)43(44)27-42(37)38)53(67-54,49(41)63)30-40(32-62)34(2)17-18-35-21-23-58-47(25-35)60-33-56-4/h8-9,13-15,19-21,25,31,37-38,42-46,56-62H,5-7,10-12,16-18,22-24,26-30,32-33,55H2,1-4H3/b40-34-/t37-,38+,42+,43-,44-,45-,46?,52+,53-,54-/m0/s1. The van der Waals surface area contributed by atoms with Crippen molar-refractivity contribution in [1.82, 2.24) is 26.6 Å². The summed E-state index contributed by atoms with van der Waals surface area (Å²) in [7, 11) is 1.88. The maximum atomic E-state index is 15.7. The zero-order chi connectivity index (χ0) is 47.3. The number of Topliss-reactive ketones (excluding diaryl/α,β-unsaturated/α-hetero) is 2. The van der Waals surface area contributed by atoms with Gasteiger partial charge >= 0.3 is 5.97 Å². The van der Waals surface area contributed by atoms with Crippen molar-refractivity contribution in [3.63, 3.8) is 0 Å². The topological polar surface area (TPSA) is 200 Å². The monoisotopic (exact) mass is 921 g/mol. The number of esters is 1. The minimum absolute atomic E-state index is 0.0474. The lowest BCUT2D eigenvalue weighted by atomic mass is 9.61. The Morgan fingerprint density at radius 3 is 2.67 bits per heavy atom. The molecule has 4 heterocycles. The zero-order valence-electron chi connectivity index (χ0n) is 40.3. The van der Waals surface area contributed by atoms with Crippen molar-refractivity contribution in [3.8, 4) is 0 Å². The maximum Gasteiger partial charge on any atom is 0.350 e.